The Morgan fingerprint density at radius 2 is 1.63 bits per heavy atom. The van der Waals surface area contributed by atoms with E-state index in [0.29, 0.717) is 5.56 Å². The summed E-state index contributed by atoms with van der Waals surface area (Å²) in [4.78, 5) is 38.2. The van der Waals surface area contributed by atoms with Crippen molar-refractivity contribution in [1.29, 1.82) is 0 Å². The van der Waals surface area contributed by atoms with Crippen LogP contribution in [0.1, 0.15) is 62.0 Å². The van der Waals surface area contributed by atoms with Gasteiger partial charge in [-0.1, -0.05) is 19.9 Å². The van der Waals surface area contributed by atoms with Gasteiger partial charge >= 0.3 is 5.97 Å². The van der Waals surface area contributed by atoms with Crippen molar-refractivity contribution in [3.8, 4) is 0 Å². The number of carbonyl (C=O) groups is 3. The Hall–Kier alpha value is -2.37. The minimum atomic E-state index is -0.631. The van der Waals surface area contributed by atoms with Gasteiger partial charge in [-0.2, -0.15) is 0 Å². The lowest BCUT2D eigenvalue weighted by Gasteiger charge is -2.33. The molecular formula is C21H32N2O4. The molecule has 0 saturated carbocycles. The van der Waals surface area contributed by atoms with Gasteiger partial charge in [-0.3, -0.25) is 14.4 Å². The van der Waals surface area contributed by atoms with Crippen LogP contribution in [0.15, 0.2) is 18.2 Å². The van der Waals surface area contributed by atoms with Crippen LogP contribution in [0.25, 0.3) is 0 Å². The molecule has 0 unspecified atom stereocenters. The van der Waals surface area contributed by atoms with Gasteiger partial charge in [-0.05, 0) is 63.8 Å². The Morgan fingerprint density at radius 3 is 2.15 bits per heavy atom. The molecule has 27 heavy (non-hydrogen) atoms. The molecule has 150 valence electrons. The van der Waals surface area contributed by atoms with Crippen LogP contribution in [0.2, 0.25) is 0 Å². The fourth-order valence-corrected chi connectivity index (χ4v) is 2.72. The molecule has 0 aromatic heterocycles. The van der Waals surface area contributed by atoms with Crippen molar-refractivity contribution in [1.82, 2.24) is 10.2 Å². The highest BCUT2D eigenvalue weighted by Crippen LogP contribution is 2.12. The molecule has 0 aliphatic heterocycles. The first-order chi connectivity index (χ1) is 12.7. The molecule has 6 heteroatoms. The molecule has 0 aliphatic carbocycles. The molecule has 0 fully saturated rings. The highest BCUT2D eigenvalue weighted by molar-refractivity contribution is 5.96. The van der Waals surface area contributed by atoms with E-state index in [2.05, 4.69) is 5.32 Å². The fraction of sp³-hybridized carbons (Fsp3) is 0.571. The first kappa shape index (κ1) is 22.7. The van der Waals surface area contributed by atoms with Gasteiger partial charge in [-0.15, -0.1) is 0 Å². The molecule has 0 radical (unpaired) electrons. The zero-order valence-electron chi connectivity index (χ0n) is 17.3. The van der Waals surface area contributed by atoms with E-state index >= 15 is 0 Å². The smallest absolute Gasteiger partial charge is 0.325 e. The maximum Gasteiger partial charge on any atom is 0.325 e. The predicted octanol–water partition coefficient (Wildman–Crippen LogP) is 3.00. The summed E-state index contributed by atoms with van der Waals surface area (Å²) in [5, 5.41) is 2.53. The summed E-state index contributed by atoms with van der Waals surface area (Å²) in [5.74, 6) is -1.19. The number of carbonyl (C=O) groups excluding carboxylic acids is 3. The second-order valence-corrected chi connectivity index (χ2v) is 6.96. The van der Waals surface area contributed by atoms with Gasteiger partial charge < -0.3 is 15.0 Å². The van der Waals surface area contributed by atoms with Crippen molar-refractivity contribution in [2.45, 2.75) is 66.5 Å². The van der Waals surface area contributed by atoms with Crippen LogP contribution in [0.3, 0.4) is 0 Å². The third kappa shape index (κ3) is 6.70. The predicted molar refractivity (Wildman–Crippen MR) is 106 cm³/mol. The molecule has 6 nitrogen and oxygen atoms in total. The molecule has 1 N–H and O–H groups in total. The molecule has 2 amide bonds. The SMILES string of the molecule is CC[C@H](C)N(C(=O)COC(=O)CNC(=O)c1ccc(C)c(C)c1)[C@@H](C)CC. The van der Waals surface area contributed by atoms with Crippen LogP contribution in [-0.4, -0.2) is 47.9 Å². The molecule has 1 aromatic rings. The van der Waals surface area contributed by atoms with Crippen LogP contribution >= 0.6 is 0 Å². The second-order valence-electron chi connectivity index (χ2n) is 6.96. The van der Waals surface area contributed by atoms with E-state index in [9.17, 15) is 14.4 Å². The molecule has 0 heterocycles. The van der Waals surface area contributed by atoms with Crippen molar-refractivity contribution >= 4 is 17.8 Å². The zero-order valence-corrected chi connectivity index (χ0v) is 17.3. The molecule has 0 aliphatic rings. The number of esters is 1. The van der Waals surface area contributed by atoms with Gasteiger partial charge in [0.15, 0.2) is 6.61 Å². The lowest BCUT2D eigenvalue weighted by Crippen LogP contribution is -2.46. The van der Waals surface area contributed by atoms with E-state index in [1.165, 1.54) is 0 Å². The molecule has 2 atom stereocenters. The van der Waals surface area contributed by atoms with Gasteiger partial charge in [0.25, 0.3) is 11.8 Å². The van der Waals surface area contributed by atoms with Crippen molar-refractivity contribution in [3.63, 3.8) is 0 Å². The van der Waals surface area contributed by atoms with Crippen LogP contribution < -0.4 is 5.32 Å². The maximum atomic E-state index is 12.4. The summed E-state index contributed by atoms with van der Waals surface area (Å²) in [5.41, 5.74) is 2.59. The number of rotatable bonds is 9. The van der Waals surface area contributed by atoms with Crippen molar-refractivity contribution in [2.75, 3.05) is 13.2 Å². The Balaban J connectivity index is 2.53. The average Bonchev–Trinajstić information content (AvgIpc) is 2.66. The number of ether oxygens (including phenoxy) is 1. The molecule has 0 saturated heterocycles. The highest BCUT2D eigenvalue weighted by Gasteiger charge is 2.24. The number of hydrogen-bond acceptors (Lipinski definition) is 4. The van der Waals surface area contributed by atoms with Crippen LogP contribution in [0.4, 0.5) is 0 Å². The Bertz CT molecular complexity index is 662. The number of benzene rings is 1. The summed E-state index contributed by atoms with van der Waals surface area (Å²) in [6.07, 6.45) is 1.66. The normalized spacial score (nSPS) is 12.8. The van der Waals surface area contributed by atoms with E-state index < -0.39 is 5.97 Å². The largest absolute Gasteiger partial charge is 0.454 e. The van der Waals surface area contributed by atoms with Crippen LogP contribution in [0, 0.1) is 13.8 Å². The first-order valence-corrected chi connectivity index (χ1v) is 9.53. The first-order valence-electron chi connectivity index (χ1n) is 9.53. The Morgan fingerprint density at radius 1 is 1.04 bits per heavy atom. The number of nitrogens with zero attached hydrogens (tertiary/aromatic N) is 1. The fourth-order valence-electron chi connectivity index (χ4n) is 2.72. The summed E-state index contributed by atoms with van der Waals surface area (Å²) in [6, 6.07) is 5.50. The molecule has 0 bridgehead atoms. The molecule has 0 spiro atoms. The van der Waals surface area contributed by atoms with Crippen LogP contribution in [-0.2, 0) is 14.3 Å². The minimum absolute atomic E-state index is 0.0793. The summed E-state index contributed by atoms with van der Waals surface area (Å²) < 4.78 is 5.06. The van der Waals surface area contributed by atoms with E-state index in [-0.39, 0.29) is 37.0 Å². The van der Waals surface area contributed by atoms with Gasteiger partial charge in [0, 0.05) is 17.6 Å². The summed E-state index contributed by atoms with van der Waals surface area (Å²) >= 11 is 0. The number of hydrogen-bond donors (Lipinski definition) is 1. The van der Waals surface area contributed by atoms with E-state index in [1.54, 1.807) is 17.0 Å². The monoisotopic (exact) mass is 376 g/mol. The lowest BCUT2D eigenvalue weighted by molar-refractivity contribution is -0.153. The third-order valence-electron chi connectivity index (χ3n) is 4.94. The topological polar surface area (TPSA) is 75.7 Å². The van der Waals surface area contributed by atoms with Crippen LogP contribution in [0.5, 0.6) is 0 Å². The number of amides is 2. The Labute approximate surface area is 162 Å². The second kappa shape index (κ2) is 10.7. The van der Waals surface area contributed by atoms with Crippen molar-refractivity contribution in [2.24, 2.45) is 0 Å². The Kier molecular flexibility index (Phi) is 8.98. The highest BCUT2D eigenvalue weighted by atomic mass is 16.5. The quantitative estimate of drug-likeness (QED) is 0.672. The van der Waals surface area contributed by atoms with Gasteiger partial charge in [0.2, 0.25) is 0 Å². The summed E-state index contributed by atoms with van der Waals surface area (Å²) in [7, 11) is 0. The zero-order chi connectivity index (χ0) is 20.6. The van der Waals surface area contributed by atoms with Gasteiger partial charge in [0.05, 0.1) is 0 Å². The van der Waals surface area contributed by atoms with E-state index in [1.807, 2.05) is 47.6 Å². The summed E-state index contributed by atoms with van der Waals surface area (Å²) in [6.45, 7) is 11.3. The minimum Gasteiger partial charge on any atom is -0.454 e. The maximum absolute atomic E-state index is 12.4. The van der Waals surface area contributed by atoms with Crippen molar-refractivity contribution in [3.05, 3.63) is 34.9 Å². The number of nitrogens with one attached hydrogen (secondary N) is 1. The average molecular weight is 376 g/mol. The lowest BCUT2D eigenvalue weighted by atomic mass is 10.1. The molecular weight excluding hydrogens is 344 g/mol. The van der Waals surface area contributed by atoms with E-state index in [4.69, 9.17) is 4.74 Å². The molecule has 1 aromatic carbocycles. The number of aryl methyl sites for hydroxylation is 2. The van der Waals surface area contributed by atoms with Gasteiger partial charge in [-0.25, -0.2) is 0 Å². The third-order valence-corrected chi connectivity index (χ3v) is 4.94. The van der Waals surface area contributed by atoms with Gasteiger partial charge in [0.1, 0.15) is 6.54 Å². The van der Waals surface area contributed by atoms with Crippen molar-refractivity contribution < 1.29 is 19.1 Å². The van der Waals surface area contributed by atoms with E-state index in [0.717, 1.165) is 24.0 Å². The molecule has 1 rings (SSSR count). The standard InChI is InChI=1S/C21H32N2O4/c1-7-16(5)23(17(6)8-2)19(24)13-27-20(25)12-22-21(26)18-10-9-14(3)15(4)11-18/h9-11,16-17H,7-8,12-13H2,1-6H3,(H,22,26)/t16-,17-/m0/s1.